The lowest BCUT2D eigenvalue weighted by molar-refractivity contribution is 0.316. The van der Waals surface area contributed by atoms with E-state index in [1.165, 1.54) is 17.7 Å². The summed E-state index contributed by atoms with van der Waals surface area (Å²) >= 11 is 0. The van der Waals surface area contributed by atoms with Gasteiger partial charge >= 0.3 is 0 Å². The molecule has 1 unspecified atom stereocenters. The molecule has 4 aromatic rings. The van der Waals surface area contributed by atoms with E-state index in [4.69, 9.17) is 4.98 Å². The maximum atomic E-state index is 13.5. The molecule has 158 valence electrons. The molecular formula is C23H24FN7. The van der Waals surface area contributed by atoms with Crippen LogP contribution >= 0.6 is 0 Å². The largest absolute Gasteiger partial charge is 0.324 e. The highest BCUT2D eigenvalue weighted by Crippen LogP contribution is 2.35. The van der Waals surface area contributed by atoms with Crippen molar-refractivity contribution in [3.63, 3.8) is 0 Å². The zero-order valence-electron chi connectivity index (χ0n) is 17.6. The average Bonchev–Trinajstić information content (AvgIpc) is 3.48. The molecular weight excluding hydrogens is 393 g/mol. The maximum Gasteiger partial charge on any atom is 0.123 e. The van der Waals surface area contributed by atoms with E-state index in [0.717, 1.165) is 54.4 Å². The van der Waals surface area contributed by atoms with Crippen molar-refractivity contribution in [1.29, 1.82) is 0 Å². The number of nitrogens with zero attached hydrogens (tertiary/aromatic N) is 7. The van der Waals surface area contributed by atoms with Crippen LogP contribution in [0.3, 0.4) is 0 Å². The lowest BCUT2D eigenvalue weighted by Crippen LogP contribution is -2.21. The molecule has 1 aliphatic heterocycles. The van der Waals surface area contributed by atoms with Crippen LogP contribution in [-0.4, -0.2) is 47.3 Å². The zero-order chi connectivity index (χ0) is 21.4. The van der Waals surface area contributed by atoms with Gasteiger partial charge in [-0.15, -0.1) is 0 Å². The Kier molecular flexibility index (Phi) is 5.07. The third kappa shape index (κ3) is 3.86. The van der Waals surface area contributed by atoms with Crippen molar-refractivity contribution in [2.45, 2.75) is 25.9 Å². The van der Waals surface area contributed by atoms with Crippen LogP contribution in [0.5, 0.6) is 0 Å². The first-order valence-corrected chi connectivity index (χ1v) is 10.4. The molecule has 0 saturated carbocycles. The minimum Gasteiger partial charge on any atom is -0.324 e. The second kappa shape index (κ2) is 8.03. The molecule has 0 spiro atoms. The molecule has 8 heteroatoms. The molecule has 0 N–H and O–H groups in total. The predicted molar refractivity (Wildman–Crippen MR) is 116 cm³/mol. The summed E-state index contributed by atoms with van der Waals surface area (Å²) in [6.45, 7) is 4.87. The molecule has 1 aromatic carbocycles. The summed E-state index contributed by atoms with van der Waals surface area (Å²) < 4.78 is 17.6. The van der Waals surface area contributed by atoms with Gasteiger partial charge in [0.25, 0.3) is 0 Å². The monoisotopic (exact) mass is 417 g/mol. The number of hydrogen-bond donors (Lipinski definition) is 0. The summed E-state index contributed by atoms with van der Waals surface area (Å²) in [5, 5.41) is 4.46. The molecule has 0 bridgehead atoms. The van der Waals surface area contributed by atoms with Gasteiger partial charge < -0.3 is 4.57 Å². The molecule has 31 heavy (non-hydrogen) atoms. The second-order valence-corrected chi connectivity index (χ2v) is 8.04. The topological polar surface area (TPSA) is 64.7 Å². The molecule has 4 heterocycles. The zero-order valence-corrected chi connectivity index (χ0v) is 17.6. The smallest absolute Gasteiger partial charge is 0.123 e. The van der Waals surface area contributed by atoms with E-state index in [2.05, 4.69) is 37.7 Å². The molecule has 1 fully saturated rings. The Balaban J connectivity index is 1.47. The molecule has 5 rings (SSSR count). The first-order valence-electron chi connectivity index (χ1n) is 10.4. The number of halogens is 1. The van der Waals surface area contributed by atoms with Crippen LogP contribution in [0.4, 0.5) is 4.39 Å². The van der Waals surface area contributed by atoms with Gasteiger partial charge in [-0.05, 0) is 43.7 Å². The van der Waals surface area contributed by atoms with E-state index in [1.54, 1.807) is 24.7 Å². The van der Waals surface area contributed by atoms with Crippen LogP contribution in [0, 0.1) is 12.7 Å². The first kappa shape index (κ1) is 19.6. The van der Waals surface area contributed by atoms with E-state index >= 15 is 0 Å². The fourth-order valence-corrected chi connectivity index (χ4v) is 4.37. The fraction of sp³-hybridized carbons (Fsp3) is 0.304. The number of imidazole rings is 1. The van der Waals surface area contributed by atoms with Crippen LogP contribution in [-0.2, 0) is 13.6 Å². The Morgan fingerprint density at radius 2 is 1.97 bits per heavy atom. The molecule has 0 radical (unpaired) electrons. The average molecular weight is 417 g/mol. The van der Waals surface area contributed by atoms with Crippen molar-refractivity contribution in [3.8, 4) is 22.6 Å². The van der Waals surface area contributed by atoms with E-state index in [-0.39, 0.29) is 11.9 Å². The van der Waals surface area contributed by atoms with Gasteiger partial charge in [0.2, 0.25) is 0 Å². The van der Waals surface area contributed by atoms with Gasteiger partial charge in [-0.25, -0.2) is 19.3 Å². The highest BCUT2D eigenvalue weighted by atomic mass is 19.1. The van der Waals surface area contributed by atoms with Crippen molar-refractivity contribution in [2.24, 2.45) is 7.05 Å². The summed E-state index contributed by atoms with van der Waals surface area (Å²) in [5.41, 5.74) is 5.77. The molecule has 1 atom stereocenters. The first-order chi connectivity index (χ1) is 15.1. The third-order valence-corrected chi connectivity index (χ3v) is 5.89. The Hall–Kier alpha value is -3.39. The standard InChI is InChI=1S/C23H24FN7/c1-16-18(11-29(2)28-16)12-30-10-8-20(13-30)31-15-27-22(17-3-5-19(24)6-4-17)23(31)21-7-9-25-14-26-21/h3-7,9,11,14-15,20H,8,10,12-13H2,1-2H3. The van der Waals surface area contributed by atoms with Crippen LogP contribution in [0.2, 0.25) is 0 Å². The van der Waals surface area contributed by atoms with Crippen molar-refractivity contribution >= 4 is 0 Å². The Labute approximate surface area is 180 Å². The summed E-state index contributed by atoms with van der Waals surface area (Å²) in [5.74, 6) is -0.260. The van der Waals surface area contributed by atoms with Crippen LogP contribution in [0.1, 0.15) is 23.7 Å². The Morgan fingerprint density at radius 3 is 2.68 bits per heavy atom. The number of benzene rings is 1. The molecule has 0 aliphatic carbocycles. The minimum absolute atomic E-state index is 0.260. The van der Waals surface area contributed by atoms with Gasteiger partial charge in [0, 0.05) is 56.2 Å². The van der Waals surface area contributed by atoms with Gasteiger partial charge in [-0.1, -0.05) is 0 Å². The van der Waals surface area contributed by atoms with Gasteiger partial charge in [-0.2, -0.15) is 5.10 Å². The molecule has 3 aromatic heterocycles. The summed E-state index contributed by atoms with van der Waals surface area (Å²) in [6.07, 6.45) is 8.29. The molecule has 7 nitrogen and oxygen atoms in total. The van der Waals surface area contributed by atoms with Gasteiger partial charge in [-0.3, -0.25) is 9.58 Å². The van der Waals surface area contributed by atoms with Crippen molar-refractivity contribution in [3.05, 3.63) is 72.5 Å². The van der Waals surface area contributed by atoms with E-state index in [9.17, 15) is 4.39 Å². The lowest BCUT2D eigenvalue weighted by atomic mass is 10.1. The SMILES string of the molecule is Cc1nn(C)cc1CN1CCC(n2cnc(-c3ccc(F)cc3)c2-c2ccncn2)C1. The van der Waals surface area contributed by atoms with Gasteiger partial charge in [0.1, 0.15) is 12.1 Å². The van der Waals surface area contributed by atoms with Crippen LogP contribution in [0.15, 0.2) is 55.4 Å². The molecule has 1 aliphatic rings. The maximum absolute atomic E-state index is 13.5. The highest BCUT2D eigenvalue weighted by molar-refractivity contribution is 5.76. The Morgan fingerprint density at radius 1 is 1.13 bits per heavy atom. The predicted octanol–water partition coefficient (Wildman–Crippen LogP) is 3.64. The number of aromatic nitrogens is 6. The number of hydrogen-bond acceptors (Lipinski definition) is 5. The van der Waals surface area contributed by atoms with Crippen molar-refractivity contribution < 1.29 is 4.39 Å². The van der Waals surface area contributed by atoms with Crippen molar-refractivity contribution in [1.82, 2.24) is 34.2 Å². The van der Waals surface area contributed by atoms with Crippen molar-refractivity contribution in [2.75, 3.05) is 13.1 Å². The molecule has 1 saturated heterocycles. The fourth-order valence-electron chi connectivity index (χ4n) is 4.37. The quantitative estimate of drug-likeness (QED) is 0.496. The normalized spacial score (nSPS) is 16.8. The second-order valence-electron chi connectivity index (χ2n) is 8.04. The molecule has 0 amide bonds. The summed E-state index contributed by atoms with van der Waals surface area (Å²) in [7, 11) is 1.96. The summed E-state index contributed by atoms with van der Waals surface area (Å²) in [4.78, 5) is 15.7. The minimum atomic E-state index is -0.260. The van der Waals surface area contributed by atoms with Crippen LogP contribution in [0.25, 0.3) is 22.6 Å². The number of likely N-dealkylation sites (tertiary alicyclic amines) is 1. The van der Waals surface area contributed by atoms with E-state index in [0.29, 0.717) is 0 Å². The number of aryl methyl sites for hydroxylation is 2. The van der Waals surface area contributed by atoms with E-state index in [1.807, 2.05) is 24.1 Å². The van der Waals surface area contributed by atoms with Gasteiger partial charge in [0.05, 0.1) is 29.1 Å². The Bertz CT molecular complexity index is 1180. The lowest BCUT2D eigenvalue weighted by Gasteiger charge is -2.18. The summed E-state index contributed by atoms with van der Waals surface area (Å²) in [6, 6.07) is 8.63. The third-order valence-electron chi connectivity index (χ3n) is 5.89. The highest BCUT2D eigenvalue weighted by Gasteiger charge is 2.28. The van der Waals surface area contributed by atoms with Gasteiger partial charge in [0.15, 0.2) is 0 Å². The van der Waals surface area contributed by atoms with Crippen LogP contribution < -0.4 is 0 Å². The van der Waals surface area contributed by atoms with E-state index < -0.39 is 0 Å². The number of rotatable bonds is 5.